The average molecular weight is 380 g/mol. The molecule has 0 aromatic carbocycles. The topological polar surface area (TPSA) is 52.1 Å². The molecule has 2 aromatic rings. The lowest BCUT2D eigenvalue weighted by Crippen LogP contribution is -2.45. The summed E-state index contributed by atoms with van der Waals surface area (Å²) < 4.78 is 54.1. The van der Waals surface area contributed by atoms with E-state index in [2.05, 4.69) is 14.9 Å². The Hall–Kier alpha value is -2.76. The van der Waals surface area contributed by atoms with Gasteiger partial charge in [-0.25, -0.2) is 4.39 Å². The van der Waals surface area contributed by atoms with Crippen LogP contribution in [0.1, 0.15) is 43.2 Å². The molecule has 2 heterocycles. The number of Topliss-reactive ketones (excluding diaryl/α,β-unsaturated/α-hetero) is 1. The zero-order chi connectivity index (χ0) is 19.7. The fraction of sp³-hybridized carbons (Fsp3) is 0.444. The molecule has 9 heteroatoms. The normalized spacial score (nSPS) is 16.7. The molecule has 0 atom stereocenters. The molecular formula is C18H16F4N4O. The highest BCUT2D eigenvalue weighted by Gasteiger charge is 2.42. The van der Waals surface area contributed by atoms with Crippen LogP contribution in [-0.2, 0) is 22.9 Å². The monoisotopic (exact) mass is 380 g/mol. The third-order valence-corrected chi connectivity index (χ3v) is 4.89. The minimum absolute atomic E-state index is 0.0669. The highest BCUT2D eigenvalue weighted by atomic mass is 19.4. The number of halogens is 4. The van der Waals surface area contributed by atoms with E-state index >= 15 is 0 Å². The van der Waals surface area contributed by atoms with Gasteiger partial charge in [-0.15, -0.1) is 4.98 Å². The van der Waals surface area contributed by atoms with Gasteiger partial charge in [0.1, 0.15) is 11.7 Å². The molecule has 0 saturated heterocycles. The first-order chi connectivity index (χ1) is 12.8. The fourth-order valence-electron chi connectivity index (χ4n) is 3.55. The molecule has 0 amide bonds. The molecule has 1 fully saturated rings. The maximum atomic E-state index is 13.5. The SMILES string of the molecule is [C-]#[N+]c1ncc(CC(=O)C2(n3cc(F)cn3)CCCCC2)cc1C(F)(F)F. The van der Waals surface area contributed by atoms with E-state index in [1.165, 1.54) is 4.68 Å². The average Bonchev–Trinajstić information content (AvgIpc) is 3.08. The number of alkyl halides is 3. The van der Waals surface area contributed by atoms with Crippen molar-refractivity contribution in [2.24, 2.45) is 0 Å². The summed E-state index contributed by atoms with van der Waals surface area (Å²) in [5, 5.41) is 3.94. The van der Waals surface area contributed by atoms with E-state index in [4.69, 9.17) is 6.57 Å². The Kier molecular flexibility index (Phi) is 5.00. The van der Waals surface area contributed by atoms with Crippen LogP contribution in [0.2, 0.25) is 0 Å². The molecule has 0 N–H and O–H groups in total. The van der Waals surface area contributed by atoms with Gasteiger partial charge in [-0.05, 0) is 12.8 Å². The number of nitrogens with zero attached hydrogens (tertiary/aromatic N) is 4. The van der Waals surface area contributed by atoms with Crippen molar-refractivity contribution in [1.29, 1.82) is 0 Å². The van der Waals surface area contributed by atoms with Crippen LogP contribution in [0, 0.1) is 12.4 Å². The predicted octanol–water partition coefficient (Wildman–Crippen LogP) is 4.46. The van der Waals surface area contributed by atoms with Crippen LogP contribution >= 0.6 is 0 Å². The first-order valence-corrected chi connectivity index (χ1v) is 8.44. The van der Waals surface area contributed by atoms with E-state index in [0.717, 1.165) is 43.9 Å². The van der Waals surface area contributed by atoms with E-state index in [9.17, 15) is 22.4 Å². The first kappa shape index (κ1) is 19.0. The number of carbonyl (C=O) groups excluding carboxylic acids is 1. The summed E-state index contributed by atoms with van der Waals surface area (Å²) in [6, 6.07) is 0.790. The van der Waals surface area contributed by atoms with Crippen molar-refractivity contribution in [3.05, 3.63) is 53.0 Å². The molecule has 2 aromatic heterocycles. The van der Waals surface area contributed by atoms with Crippen LogP contribution in [0.4, 0.5) is 23.4 Å². The summed E-state index contributed by atoms with van der Waals surface area (Å²) in [6.07, 6.45) is 1.56. The molecule has 1 saturated carbocycles. The van der Waals surface area contributed by atoms with Crippen molar-refractivity contribution in [2.45, 2.75) is 50.2 Å². The largest absolute Gasteiger partial charge is 0.409 e. The first-order valence-electron chi connectivity index (χ1n) is 8.44. The molecular weight excluding hydrogens is 364 g/mol. The third kappa shape index (κ3) is 3.70. The van der Waals surface area contributed by atoms with Gasteiger partial charge >= 0.3 is 6.18 Å². The summed E-state index contributed by atoms with van der Waals surface area (Å²) in [5.74, 6) is -1.66. The molecule has 1 aliphatic rings. The van der Waals surface area contributed by atoms with Crippen LogP contribution in [0.3, 0.4) is 0 Å². The van der Waals surface area contributed by atoms with Gasteiger partial charge in [-0.2, -0.15) is 18.3 Å². The van der Waals surface area contributed by atoms with E-state index in [-0.39, 0.29) is 17.8 Å². The summed E-state index contributed by atoms with van der Waals surface area (Å²) in [4.78, 5) is 19.4. The quantitative estimate of drug-likeness (QED) is 0.581. The van der Waals surface area contributed by atoms with Gasteiger partial charge in [-0.1, -0.05) is 31.9 Å². The van der Waals surface area contributed by atoms with Crippen LogP contribution < -0.4 is 0 Å². The van der Waals surface area contributed by atoms with Crippen LogP contribution in [-0.4, -0.2) is 20.5 Å². The van der Waals surface area contributed by atoms with Gasteiger partial charge in [-0.3, -0.25) is 9.48 Å². The Morgan fingerprint density at radius 3 is 2.52 bits per heavy atom. The smallest absolute Gasteiger partial charge is 0.360 e. The second kappa shape index (κ2) is 7.10. The Morgan fingerprint density at radius 1 is 1.26 bits per heavy atom. The van der Waals surface area contributed by atoms with Crippen molar-refractivity contribution in [1.82, 2.24) is 14.8 Å². The molecule has 5 nitrogen and oxygen atoms in total. The van der Waals surface area contributed by atoms with Crippen molar-refractivity contribution in [3.63, 3.8) is 0 Å². The summed E-state index contributed by atoms with van der Waals surface area (Å²) in [6.45, 7) is 6.83. The van der Waals surface area contributed by atoms with E-state index in [1.807, 2.05) is 0 Å². The molecule has 0 bridgehead atoms. The second-order valence-corrected chi connectivity index (χ2v) is 6.62. The molecule has 0 radical (unpaired) electrons. The van der Waals surface area contributed by atoms with Crippen LogP contribution in [0.25, 0.3) is 4.85 Å². The molecule has 0 aliphatic heterocycles. The summed E-state index contributed by atoms with van der Waals surface area (Å²) >= 11 is 0. The highest BCUT2D eigenvalue weighted by Crippen LogP contribution is 2.38. The van der Waals surface area contributed by atoms with Crippen molar-refractivity contribution in [2.75, 3.05) is 0 Å². The lowest BCUT2D eigenvalue weighted by atomic mass is 9.77. The van der Waals surface area contributed by atoms with Crippen LogP contribution in [0.15, 0.2) is 24.7 Å². The Morgan fingerprint density at radius 2 is 1.96 bits per heavy atom. The maximum absolute atomic E-state index is 13.5. The molecule has 0 unspecified atom stereocenters. The summed E-state index contributed by atoms with van der Waals surface area (Å²) in [5.41, 5.74) is -2.16. The molecule has 3 rings (SSSR count). The zero-order valence-corrected chi connectivity index (χ0v) is 14.3. The van der Waals surface area contributed by atoms with E-state index in [1.54, 1.807) is 0 Å². The van der Waals surface area contributed by atoms with Gasteiger partial charge in [0.2, 0.25) is 0 Å². The molecule has 0 spiro atoms. The fourth-order valence-corrected chi connectivity index (χ4v) is 3.55. The van der Waals surface area contributed by atoms with Gasteiger partial charge < -0.3 is 4.85 Å². The number of aromatic nitrogens is 3. The maximum Gasteiger partial charge on any atom is 0.409 e. The van der Waals surface area contributed by atoms with E-state index < -0.39 is 28.9 Å². The number of carbonyl (C=O) groups is 1. The lowest BCUT2D eigenvalue weighted by Gasteiger charge is -2.36. The van der Waals surface area contributed by atoms with Gasteiger partial charge in [0.05, 0.1) is 18.0 Å². The van der Waals surface area contributed by atoms with Crippen molar-refractivity contribution in [3.8, 4) is 0 Å². The Bertz CT molecular complexity index is 891. The number of ketones is 1. The number of hydrogen-bond donors (Lipinski definition) is 0. The summed E-state index contributed by atoms with van der Waals surface area (Å²) in [7, 11) is 0. The van der Waals surface area contributed by atoms with Gasteiger partial charge in [0, 0.05) is 12.0 Å². The van der Waals surface area contributed by atoms with Gasteiger partial charge in [0.25, 0.3) is 5.82 Å². The Labute approximate surface area is 152 Å². The highest BCUT2D eigenvalue weighted by molar-refractivity contribution is 5.88. The number of pyridine rings is 1. The number of rotatable bonds is 4. The van der Waals surface area contributed by atoms with Crippen molar-refractivity contribution >= 4 is 11.6 Å². The van der Waals surface area contributed by atoms with Crippen molar-refractivity contribution < 1.29 is 22.4 Å². The molecule has 27 heavy (non-hydrogen) atoms. The Balaban J connectivity index is 1.94. The van der Waals surface area contributed by atoms with E-state index in [0.29, 0.717) is 12.8 Å². The minimum Gasteiger partial charge on any atom is -0.360 e. The standard InChI is InChI=1S/C18H16F4N4O/c1-23-16-14(18(20,21)22)7-12(9-24-16)8-15(27)17(5-3-2-4-6-17)26-11-13(19)10-25-26/h7,9-11H,2-6,8H2. The second-order valence-electron chi connectivity index (χ2n) is 6.62. The lowest BCUT2D eigenvalue weighted by molar-refractivity contribution is -0.137. The molecule has 1 aliphatic carbocycles. The van der Waals surface area contributed by atoms with Crippen LogP contribution in [0.5, 0.6) is 0 Å². The van der Waals surface area contributed by atoms with Gasteiger partial charge in [0.15, 0.2) is 11.6 Å². The number of hydrogen-bond acceptors (Lipinski definition) is 3. The minimum atomic E-state index is -4.74. The third-order valence-electron chi connectivity index (χ3n) is 4.89. The zero-order valence-electron chi connectivity index (χ0n) is 14.3. The predicted molar refractivity (Wildman–Crippen MR) is 87.5 cm³/mol. The molecule has 142 valence electrons.